The predicted octanol–water partition coefficient (Wildman–Crippen LogP) is 0.0162. The lowest BCUT2D eigenvalue weighted by Gasteiger charge is -2.39. The summed E-state index contributed by atoms with van der Waals surface area (Å²) in [5, 5.41) is 2.73. The monoisotopic (exact) mass is 177 g/mol. The third kappa shape index (κ3) is 1.61. The minimum absolute atomic E-state index is 0.291. The van der Waals surface area contributed by atoms with E-state index in [9.17, 15) is 4.79 Å². The van der Waals surface area contributed by atoms with E-state index >= 15 is 0 Å². The second-order valence-electron chi connectivity index (χ2n) is 3.07. The summed E-state index contributed by atoms with van der Waals surface area (Å²) in [4.78, 5) is 16.4. The zero-order chi connectivity index (χ0) is 9.10. The molecule has 0 saturated carbocycles. The molecule has 2 heterocycles. The molecule has 0 unspecified atom stereocenters. The van der Waals surface area contributed by atoms with Gasteiger partial charge in [0.15, 0.2) is 0 Å². The number of anilines is 1. The number of amides is 1. The van der Waals surface area contributed by atoms with Gasteiger partial charge in [0.2, 0.25) is 6.41 Å². The maximum absolute atomic E-state index is 10.1. The van der Waals surface area contributed by atoms with Crippen molar-refractivity contribution >= 4 is 12.2 Å². The van der Waals surface area contributed by atoms with Gasteiger partial charge in [-0.3, -0.25) is 4.79 Å². The maximum Gasteiger partial charge on any atom is 0.207 e. The van der Waals surface area contributed by atoms with Gasteiger partial charge >= 0.3 is 0 Å². The quantitative estimate of drug-likeness (QED) is 0.662. The Hall–Kier alpha value is -1.58. The van der Waals surface area contributed by atoms with E-state index in [-0.39, 0.29) is 0 Å². The first-order valence-electron chi connectivity index (χ1n) is 4.26. The molecule has 4 heteroatoms. The molecule has 0 bridgehead atoms. The zero-order valence-electron chi connectivity index (χ0n) is 7.18. The first-order valence-corrected chi connectivity index (χ1v) is 4.26. The van der Waals surface area contributed by atoms with Gasteiger partial charge in [0.05, 0.1) is 6.04 Å². The average molecular weight is 177 g/mol. The smallest absolute Gasteiger partial charge is 0.207 e. The van der Waals surface area contributed by atoms with Crippen molar-refractivity contribution < 1.29 is 4.79 Å². The Labute approximate surface area is 76.6 Å². The van der Waals surface area contributed by atoms with E-state index in [1.54, 1.807) is 6.20 Å². The summed E-state index contributed by atoms with van der Waals surface area (Å²) in [5.74, 6) is 0.978. The third-order valence-corrected chi connectivity index (χ3v) is 2.16. The summed E-state index contributed by atoms with van der Waals surface area (Å²) in [6.07, 6.45) is 2.52. The highest BCUT2D eigenvalue weighted by atomic mass is 16.1. The Balaban J connectivity index is 1.90. The molecular formula is C9H11N3O. The molecular weight excluding hydrogens is 166 g/mol. The number of aromatic nitrogens is 1. The first-order chi connectivity index (χ1) is 6.40. The number of nitrogens with one attached hydrogen (secondary N) is 1. The Morgan fingerprint density at radius 3 is 3.00 bits per heavy atom. The Morgan fingerprint density at radius 1 is 1.54 bits per heavy atom. The molecule has 1 aliphatic rings. The molecule has 0 aliphatic carbocycles. The second-order valence-corrected chi connectivity index (χ2v) is 3.07. The molecule has 0 aromatic carbocycles. The Kier molecular flexibility index (Phi) is 2.12. The summed E-state index contributed by atoms with van der Waals surface area (Å²) < 4.78 is 0. The zero-order valence-corrected chi connectivity index (χ0v) is 7.18. The van der Waals surface area contributed by atoms with Crippen molar-refractivity contribution in [3.8, 4) is 0 Å². The van der Waals surface area contributed by atoms with Crippen LogP contribution in [0.4, 0.5) is 5.82 Å². The van der Waals surface area contributed by atoms with Crippen LogP contribution in [0.1, 0.15) is 0 Å². The van der Waals surface area contributed by atoms with Gasteiger partial charge in [-0.25, -0.2) is 4.98 Å². The van der Waals surface area contributed by atoms with Gasteiger partial charge in [0.1, 0.15) is 5.82 Å². The number of hydrogen-bond donors (Lipinski definition) is 1. The van der Waals surface area contributed by atoms with Crippen LogP contribution in [0.3, 0.4) is 0 Å². The molecule has 1 aromatic heterocycles. The first kappa shape index (κ1) is 8.04. The molecule has 1 fully saturated rings. The lowest BCUT2D eigenvalue weighted by molar-refractivity contribution is -0.110. The largest absolute Gasteiger partial charge is 0.352 e. The molecule has 1 amide bonds. The number of nitrogens with zero attached hydrogens (tertiary/aromatic N) is 2. The van der Waals surface area contributed by atoms with E-state index in [0.717, 1.165) is 25.3 Å². The highest BCUT2D eigenvalue weighted by Gasteiger charge is 2.26. The van der Waals surface area contributed by atoms with Crippen molar-refractivity contribution in [2.75, 3.05) is 18.0 Å². The lowest BCUT2D eigenvalue weighted by atomic mass is 10.1. The minimum Gasteiger partial charge on any atom is -0.352 e. The molecule has 0 atom stereocenters. The van der Waals surface area contributed by atoms with Crippen LogP contribution < -0.4 is 10.2 Å². The van der Waals surface area contributed by atoms with Crippen LogP contribution in [0.25, 0.3) is 0 Å². The number of hydrogen-bond acceptors (Lipinski definition) is 3. The van der Waals surface area contributed by atoms with Gasteiger partial charge in [-0.1, -0.05) is 6.07 Å². The lowest BCUT2D eigenvalue weighted by Crippen LogP contribution is -2.58. The number of pyridine rings is 1. The van der Waals surface area contributed by atoms with E-state index in [2.05, 4.69) is 15.2 Å². The van der Waals surface area contributed by atoms with Crippen LogP contribution in [0.5, 0.6) is 0 Å². The van der Waals surface area contributed by atoms with Crippen LogP contribution in [-0.4, -0.2) is 30.5 Å². The Morgan fingerprint density at radius 2 is 2.38 bits per heavy atom. The normalized spacial score (nSPS) is 16.5. The summed E-state index contributed by atoms with van der Waals surface area (Å²) in [6, 6.07) is 6.12. The summed E-state index contributed by atoms with van der Waals surface area (Å²) in [7, 11) is 0. The van der Waals surface area contributed by atoms with Crippen molar-refractivity contribution in [1.29, 1.82) is 0 Å². The minimum atomic E-state index is 0.291. The van der Waals surface area contributed by atoms with Crippen LogP contribution in [0.2, 0.25) is 0 Å². The van der Waals surface area contributed by atoms with Crippen molar-refractivity contribution in [2.24, 2.45) is 0 Å². The van der Waals surface area contributed by atoms with Crippen molar-refractivity contribution in [3.05, 3.63) is 24.4 Å². The van der Waals surface area contributed by atoms with Gasteiger partial charge in [-0.2, -0.15) is 0 Å². The molecule has 1 saturated heterocycles. The number of carbonyl (C=O) groups excluding carboxylic acids is 1. The van der Waals surface area contributed by atoms with Gasteiger partial charge in [-0.05, 0) is 12.1 Å². The fourth-order valence-corrected chi connectivity index (χ4v) is 1.41. The third-order valence-electron chi connectivity index (χ3n) is 2.16. The van der Waals surface area contributed by atoms with E-state index in [1.807, 2.05) is 18.2 Å². The van der Waals surface area contributed by atoms with E-state index in [1.165, 1.54) is 0 Å². The highest BCUT2D eigenvalue weighted by Crippen LogP contribution is 2.16. The molecule has 68 valence electrons. The van der Waals surface area contributed by atoms with Crippen molar-refractivity contribution in [2.45, 2.75) is 6.04 Å². The predicted molar refractivity (Wildman–Crippen MR) is 49.4 cm³/mol. The average Bonchev–Trinajstić information content (AvgIpc) is 2.12. The Bertz CT molecular complexity index is 282. The molecule has 0 spiro atoms. The topological polar surface area (TPSA) is 45.2 Å². The fraction of sp³-hybridized carbons (Fsp3) is 0.333. The molecule has 1 aliphatic heterocycles. The van der Waals surface area contributed by atoms with Gasteiger partial charge in [0.25, 0.3) is 0 Å². The number of rotatable bonds is 3. The van der Waals surface area contributed by atoms with E-state index in [0.29, 0.717) is 6.04 Å². The van der Waals surface area contributed by atoms with Gasteiger partial charge in [-0.15, -0.1) is 0 Å². The second kappa shape index (κ2) is 3.43. The van der Waals surface area contributed by atoms with Crippen molar-refractivity contribution in [3.63, 3.8) is 0 Å². The van der Waals surface area contributed by atoms with Gasteiger partial charge in [0, 0.05) is 19.3 Å². The van der Waals surface area contributed by atoms with E-state index in [4.69, 9.17) is 0 Å². The summed E-state index contributed by atoms with van der Waals surface area (Å²) in [5.41, 5.74) is 0. The van der Waals surface area contributed by atoms with Crippen LogP contribution in [0.15, 0.2) is 24.4 Å². The standard InChI is InChI=1S/C9H11N3O/c13-7-11-8-5-12(6-8)9-3-1-2-4-10-9/h1-4,7-8H,5-6H2,(H,11,13). The molecule has 0 radical (unpaired) electrons. The van der Waals surface area contributed by atoms with Crippen LogP contribution in [-0.2, 0) is 4.79 Å². The maximum atomic E-state index is 10.1. The summed E-state index contributed by atoms with van der Waals surface area (Å²) in [6.45, 7) is 1.71. The molecule has 1 aromatic rings. The summed E-state index contributed by atoms with van der Waals surface area (Å²) >= 11 is 0. The van der Waals surface area contributed by atoms with Crippen molar-refractivity contribution in [1.82, 2.24) is 10.3 Å². The SMILES string of the molecule is O=CNC1CN(c2ccccn2)C1. The molecule has 13 heavy (non-hydrogen) atoms. The molecule has 2 rings (SSSR count). The number of carbonyl (C=O) groups is 1. The molecule has 4 nitrogen and oxygen atoms in total. The fourth-order valence-electron chi connectivity index (χ4n) is 1.41. The van der Waals surface area contributed by atoms with Crippen LogP contribution >= 0.6 is 0 Å². The van der Waals surface area contributed by atoms with Gasteiger partial charge < -0.3 is 10.2 Å². The van der Waals surface area contributed by atoms with E-state index < -0.39 is 0 Å². The van der Waals surface area contributed by atoms with Crippen LogP contribution in [0, 0.1) is 0 Å². The molecule has 1 N–H and O–H groups in total. The highest BCUT2D eigenvalue weighted by molar-refractivity contribution is 5.50.